The smallest absolute Gasteiger partial charge is 0.0708 e. The van der Waals surface area contributed by atoms with Gasteiger partial charge >= 0.3 is 0 Å². The molecule has 0 aromatic heterocycles. The summed E-state index contributed by atoms with van der Waals surface area (Å²) in [4.78, 5) is 0. The van der Waals surface area contributed by atoms with Crippen molar-refractivity contribution in [2.75, 3.05) is 18.4 Å². The molecule has 3 heteroatoms. The summed E-state index contributed by atoms with van der Waals surface area (Å²) >= 11 is 3.46. The van der Waals surface area contributed by atoms with Crippen molar-refractivity contribution in [3.63, 3.8) is 0 Å². The monoisotopic (exact) mass is 303 g/mol. The molecular weight excluding hydrogens is 278 g/mol. The molecule has 1 saturated heterocycles. The van der Waals surface area contributed by atoms with E-state index in [2.05, 4.69) is 21.2 Å². The highest BCUT2D eigenvalue weighted by molar-refractivity contribution is 9.09. The topological polar surface area (TPSA) is 21.3 Å². The molecule has 0 aromatic carbocycles. The second-order valence-corrected chi connectivity index (χ2v) is 6.42. The Morgan fingerprint density at radius 3 is 2.71 bits per heavy atom. The number of nitrogens with one attached hydrogen (secondary N) is 1. The van der Waals surface area contributed by atoms with Gasteiger partial charge in [-0.15, -0.1) is 0 Å². The Bertz CT molecular complexity index is 216. The Hall–Kier alpha value is 0.400. The minimum Gasteiger partial charge on any atom is -0.370 e. The lowest BCUT2D eigenvalue weighted by Gasteiger charge is -2.33. The summed E-state index contributed by atoms with van der Waals surface area (Å²) in [5, 5.41) is 4.66. The fraction of sp³-hybridized carbons (Fsp3) is 1.00. The lowest BCUT2D eigenvalue weighted by atomic mass is 9.83. The second kappa shape index (κ2) is 7.10. The average molecular weight is 304 g/mol. The molecule has 1 spiro atoms. The van der Waals surface area contributed by atoms with E-state index in [9.17, 15) is 0 Å². The van der Waals surface area contributed by atoms with Gasteiger partial charge in [0, 0.05) is 11.9 Å². The highest BCUT2D eigenvalue weighted by atomic mass is 79.9. The van der Waals surface area contributed by atoms with E-state index in [-0.39, 0.29) is 0 Å². The Morgan fingerprint density at radius 1 is 1.12 bits per heavy atom. The molecule has 2 fully saturated rings. The van der Waals surface area contributed by atoms with Crippen LogP contribution in [0.5, 0.6) is 0 Å². The van der Waals surface area contributed by atoms with Crippen molar-refractivity contribution < 1.29 is 4.74 Å². The van der Waals surface area contributed by atoms with E-state index in [0.29, 0.717) is 11.7 Å². The number of alkyl halides is 1. The number of hydrogen-bond acceptors (Lipinski definition) is 2. The maximum absolute atomic E-state index is 6.32. The number of halogens is 1. The maximum Gasteiger partial charge on any atom is 0.0708 e. The molecule has 2 rings (SSSR count). The number of hydrogen-bond donors (Lipinski definition) is 1. The van der Waals surface area contributed by atoms with Crippen LogP contribution in [0.4, 0.5) is 0 Å². The Morgan fingerprint density at radius 2 is 1.94 bits per heavy atom. The van der Waals surface area contributed by atoms with Crippen LogP contribution < -0.4 is 5.32 Å². The van der Waals surface area contributed by atoms with Gasteiger partial charge in [0.25, 0.3) is 0 Å². The first-order valence-corrected chi connectivity index (χ1v) is 8.41. The van der Waals surface area contributed by atoms with E-state index >= 15 is 0 Å². The third kappa shape index (κ3) is 4.22. The van der Waals surface area contributed by atoms with Crippen LogP contribution in [0.3, 0.4) is 0 Å². The zero-order chi connectivity index (χ0) is 12.0. The predicted molar refractivity (Wildman–Crippen MR) is 75.8 cm³/mol. The van der Waals surface area contributed by atoms with Crippen molar-refractivity contribution in [3.8, 4) is 0 Å². The quantitative estimate of drug-likeness (QED) is 0.597. The normalized spacial score (nSPS) is 27.7. The van der Waals surface area contributed by atoms with Crippen LogP contribution in [0, 0.1) is 0 Å². The molecular formula is C14H26BrNO. The molecule has 1 N–H and O–H groups in total. The fourth-order valence-corrected chi connectivity index (χ4v) is 3.61. The first-order chi connectivity index (χ1) is 8.35. The first-order valence-electron chi connectivity index (χ1n) is 7.29. The summed E-state index contributed by atoms with van der Waals surface area (Å²) in [6.45, 7) is 2.20. The number of unbranched alkanes of at least 4 members (excludes halogenated alkanes) is 1. The van der Waals surface area contributed by atoms with Crippen molar-refractivity contribution in [3.05, 3.63) is 0 Å². The average Bonchev–Trinajstić information content (AvgIpc) is 2.73. The molecule has 0 aromatic rings. The zero-order valence-corrected chi connectivity index (χ0v) is 12.4. The van der Waals surface area contributed by atoms with E-state index in [4.69, 9.17) is 4.74 Å². The van der Waals surface area contributed by atoms with Gasteiger partial charge in [0.1, 0.15) is 0 Å². The highest BCUT2D eigenvalue weighted by Crippen LogP contribution is 2.41. The van der Waals surface area contributed by atoms with Crippen molar-refractivity contribution >= 4 is 15.9 Å². The van der Waals surface area contributed by atoms with E-state index in [1.165, 1.54) is 57.8 Å². The fourth-order valence-electron chi connectivity index (χ4n) is 3.21. The van der Waals surface area contributed by atoms with E-state index in [1.807, 2.05) is 0 Å². The SMILES string of the molecule is BrCCCCNCC1CCC2(CCCCC2)O1. The molecule has 1 aliphatic heterocycles. The van der Waals surface area contributed by atoms with Crippen LogP contribution in [-0.4, -0.2) is 30.1 Å². The second-order valence-electron chi connectivity index (χ2n) is 5.62. The van der Waals surface area contributed by atoms with Gasteiger partial charge in [-0.2, -0.15) is 0 Å². The molecule has 1 atom stereocenters. The third-order valence-corrected chi connectivity index (χ3v) is 4.77. The van der Waals surface area contributed by atoms with Gasteiger partial charge in [-0.1, -0.05) is 35.2 Å². The summed E-state index contributed by atoms with van der Waals surface area (Å²) in [5.41, 5.74) is 0.292. The Kier molecular flexibility index (Phi) is 5.78. The van der Waals surface area contributed by atoms with Gasteiger partial charge in [-0.05, 0) is 45.1 Å². The molecule has 0 bridgehead atoms. The number of ether oxygens (including phenoxy) is 1. The Balaban J connectivity index is 1.60. The lowest BCUT2D eigenvalue weighted by Crippen LogP contribution is -2.34. The van der Waals surface area contributed by atoms with Gasteiger partial charge in [0.05, 0.1) is 11.7 Å². The molecule has 100 valence electrons. The third-order valence-electron chi connectivity index (χ3n) is 4.21. The van der Waals surface area contributed by atoms with Gasteiger partial charge in [-0.3, -0.25) is 0 Å². The molecule has 17 heavy (non-hydrogen) atoms. The zero-order valence-electron chi connectivity index (χ0n) is 10.8. The van der Waals surface area contributed by atoms with E-state index < -0.39 is 0 Å². The number of rotatable bonds is 6. The van der Waals surface area contributed by atoms with Gasteiger partial charge < -0.3 is 10.1 Å². The van der Waals surface area contributed by atoms with Crippen LogP contribution >= 0.6 is 15.9 Å². The molecule has 1 unspecified atom stereocenters. The molecule has 1 saturated carbocycles. The summed E-state index contributed by atoms with van der Waals surface area (Å²) in [5.74, 6) is 0. The summed E-state index contributed by atoms with van der Waals surface area (Å²) in [6.07, 6.45) is 12.4. The van der Waals surface area contributed by atoms with Crippen LogP contribution in [-0.2, 0) is 4.74 Å². The summed E-state index contributed by atoms with van der Waals surface area (Å²) in [6, 6.07) is 0. The van der Waals surface area contributed by atoms with Crippen LogP contribution in [0.2, 0.25) is 0 Å². The van der Waals surface area contributed by atoms with E-state index in [0.717, 1.165) is 18.4 Å². The predicted octanol–water partition coefficient (Wildman–Crippen LogP) is 3.63. The summed E-state index contributed by atoms with van der Waals surface area (Å²) in [7, 11) is 0. The van der Waals surface area contributed by atoms with Crippen LogP contribution in [0.15, 0.2) is 0 Å². The summed E-state index contributed by atoms with van der Waals surface area (Å²) < 4.78 is 6.32. The van der Waals surface area contributed by atoms with Crippen LogP contribution in [0.25, 0.3) is 0 Å². The van der Waals surface area contributed by atoms with Crippen molar-refractivity contribution in [1.29, 1.82) is 0 Å². The standard InChI is InChI=1S/C14H26BrNO/c15-10-4-5-11-16-12-13-6-9-14(17-13)7-2-1-3-8-14/h13,16H,1-12H2. The molecule has 1 heterocycles. The molecule has 0 radical (unpaired) electrons. The Labute approximate surface area is 114 Å². The van der Waals surface area contributed by atoms with Gasteiger partial charge in [-0.25, -0.2) is 0 Å². The van der Waals surface area contributed by atoms with Crippen molar-refractivity contribution in [1.82, 2.24) is 5.32 Å². The maximum atomic E-state index is 6.32. The minimum atomic E-state index is 0.292. The van der Waals surface area contributed by atoms with E-state index in [1.54, 1.807) is 0 Å². The van der Waals surface area contributed by atoms with Gasteiger partial charge in [0.2, 0.25) is 0 Å². The van der Waals surface area contributed by atoms with Crippen molar-refractivity contribution in [2.24, 2.45) is 0 Å². The minimum absolute atomic E-state index is 0.292. The molecule has 2 aliphatic rings. The lowest BCUT2D eigenvalue weighted by molar-refractivity contribution is -0.0622. The molecule has 1 aliphatic carbocycles. The van der Waals surface area contributed by atoms with Gasteiger partial charge in [0.15, 0.2) is 0 Å². The highest BCUT2D eigenvalue weighted by Gasteiger charge is 2.40. The van der Waals surface area contributed by atoms with Crippen LogP contribution in [0.1, 0.15) is 57.8 Å². The van der Waals surface area contributed by atoms with Crippen molar-refractivity contribution in [2.45, 2.75) is 69.5 Å². The molecule has 2 nitrogen and oxygen atoms in total. The first kappa shape index (κ1) is 13.8. The largest absolute Gasteiger partial charge is 0.370 e. The molecule has 0 amide bonds.